The summed E-state index contributed by atoms with van der Waals surface area (Å²) >= 11 is 0. The Balaban J connectivity index is 1.33. The van der Waals surface area contributed by atoms with Gasteiger partial charge in [0.05, 0.1) is 0 Å². The molecule has 27 heavy (non-hydrogen) atoms. The molecule has 0 unspecified atom stereocenters. The minimum absolute atomic E-state index is 0.483. The number of hydrogen-bond donors (Lipinski definition) is 0. The largest absolute Gasteiger partial charge is 0.245 e. The second-order valence-electron chi connectivity index (χ2n) is 12.3. The molecule has 8 aliphatic carbocycles. The van der Waals surface area contributed by atoms with Gasteiger partial charge in [0.15, 0.2) is 0 Å². The zero-order valence-corrected chi connectivity index (χ0v) is 17.4. The molecule has 0 saturated heterocycles. The van der Waals surface area contributed by atoms with Crippen molar-refractivity contribution >= 4 is 0 Å². The Labute approximate surface area is 164 Å². The van der Waals surface area contributed by atoms with Crippen LogP contribution in [0.15, 0.2) is 6.33 Å². The average molecular weight is 366 g/mol. The molecule has 146 valence electrons. The van der Waals surface area contributed by atoms with E-state index in [1.165, 1.54) is 38.5 Å². The van der Waals surface area contributed by atoms with Crippen LogP contribution in [-0.2, 0) is 11.1 Å². The van der Waals surface area contributed by atoms with Gasteiger partial charge in [-0.2, -0.15) is 0 Å². The van der Waals surface area contributed by atoms with Gasteiger partial charge >= 0.3 is 0 Å². The molecule has 0 radical (unpaired) electrons. The van der Waals surface area contributed by atoms with Crippen molar-refractivity contribution in [2.45, 2.75) is 102 Å². The lowest BCUT2D eigenvalue weighted by Crippen LogP contribution is -2.65. The number of hydrogen-bond acceptors (Lipinski definition) is 0. The Kier molecular flexibility index (Phi) is 2.99. The summed E-state index contributed by atoms with van der Waals surface area (Å²) in [5.41, 5.74) is 4.18. The minimum Gasteiger partial charge on any atom is -0.229 e. The highest BCUT2D eigenvalue weighted by atomic mass is 15.2. The molecule has 8 saturated carbocycles. The molecular weight excluding hydrogens is 328 g/mol. The van der Waals surface area contributed by atoms with Crippen molar-refractivity contribution in [2.75, 3.05) is 0 Å². The maximum Gasteiger partial charge on any atom is 0.245 e. The first kappa shape index (κ1) is 16.1. The Morgan fingerprint density at radius 1 is 0.704 bits per heavy atom. The lowest BCUT2D eigenvalue weighted by Gasteiger charge is -2.55. The molecule has 2 nitrogen and oxygen atoms in total. The van der Waals surface area contributed by atoms with E-state index >= 15 is 0 Å². The average Bonchev–Trinajstić information content (AvgIpc) is 2.89. The molecule has 0 atom stereocenters. The van der Waals surface area contributed by atoms with Gasteiger partial charge in [0.25, 0.3) is 0 Å². The summed E-state index contributed by atoms with van der Waals surface area (Å²) < 4.78 is 5.71. The van der Waals surface area contributed by atoms with Gasteiger partial charge in [0.1, 0.15) is 22.5 Å². The third kappa shape index (κ3) is 2.06. The molecule has 0 amide bonds. The van der Waals surface area contributed by atoms with Crippen LogP contribution < -0.4 is 4.57 Å². The van der Waals surface area contributed by atoms with Crippen LogP contribution in [0.1, 0.15) is 88.4 Å². The van der Waals surface area contributed by atoms with Crippen molar-refractivity contribution in [1.29, 1.82) is 0 Å². The van der Waals surface area contributed by atoms with E-state index in [0.29, 0.717) is 11.1 Å². The molecule has 0 aromatic carbocycles. The first-order valence-corrected chi connectivity index (χ1v) is 12.1. The molecule has 0 aliphatic heterocycles. The summed E-state index contributed by atoms with van der Waals surface area (Å²) in [6.45, 7) is 4.90. The Bertz CT molecular complexity index is 664. The van der Waals surface area contributed by atoms with Crippen molar-refractivity contribution < 1.29 is 4.57 Å². The molecule has 1 heterocycles. The van der Waals surface area contributed by atoms with E-state index in [0.717, 1.165) is 35.5 Å². The van der Waals surface area contributed by atoms with Crippen LogP contribution in [0.3, 0.4) is 0 Å². The van der Waals surface area contributed by atoms with E-state index < -0.39 is 0 Å². The SMILES string of the molecule is Cc1c(C)[n+](C23CC4CC(CC(C4)C2)C3)cn1C12CC3CC(CC(C3)C1)C2. The summed E-state index contributed by atoms with van der Waals surface area (Å²) in [6, 6.07) is 0. The Morgan fingerprint density at radius 3 is 1.56 bits per heavy atom. The topological polar surface area (TPSA) is 8.81 Å². The number of imidazole rings is 1. The molecule has 8 fully saturated rings. The predicted molar refractivity (Wildman–Crippen MR) is 106 cm³/mol. The maximum atomic E-state index is 2.85. The van der Waals surface area contributed by atoms with E-state index in [9.17, 15) is 0 Å². The Hall–Kier alpha value is -0.790. The Morgan fingerprint density at radius 2 is 1.11 bits per heavy atom. The smallest absolute Gasteiger partial charge is 0.229 e. The predicted octanol–water partition coefficient (Wildman–Crippen LogP) is 5.24. The van der Waals surface area contributed by atoms with Crippen molar-refractivity contribution in [1.82, 2.24) is 4.57 Å². The van der Waals surface area contributed by atoms with Crippen LogP contribution in [0.4, 0.5) is 0 Å². The third-order valence-corrected chi connectivity index (χ3v) is 10.5. The van der Waals surface area contributed by atoms with Crippen LogP contribution >= 0.6 is 0 Å². The number of aromatic nitrogens is 2. The fourth-order valence-corrected chi connectivity index (χ4v) is 10.3. The van der Waals surface area contributed by atoms with E-state index in [-0.39, 0.29) is 0 Å². The number of nitrogens with zero attached hydrogens (tertiary/aromatic N) is 2. The summed E-state index contributed by atoms with van der Waals surface area (Å²) in [5, 5.41) is 0. The molecule has 8 bridgehead atoms. The van der Waals surface area contributed by atoms with Gasteiger partial charge in [-0.15, -0.1) is 0 Å². The van der Waals surface area contributed by atoms with Gasteiger partial charge in [-0.05, 0) is 113 Å². The zero-order chi connectivity index (χ0) is 18.0. The lowest BCUT2D eigenvalue weighted by molar-refractivity contribution is -0.781. The highest BCUT2D eigenvalue weighted by Crippen LogP contribution is 2.60. The maximum absolute atomic E-state index is 2.85. The first-order chi connectivity index (χ1) is 13.0. The van der Waals surface area contributed by atoms with Crippen LogP contribution in [0.25, 0.3) is 0 Å². The quantitative estimate of drug-likeness (QED) is 0.634. The van der Waals surface area contributed by atoms with E-state index in [2.05, 4.69) is 29.3 Å². The minimum atomic E-state index is 0.483. The normalized spacial score (nSPS) is 52.1. The highest BCUT2D eigenvalue weighted by Gasteiger charge is 2.58. The standard InChI is InChI=1S/C25H37N2/c1-16-17(2)27(25-12-21-6-22(13-25)8-23(7-21)14-25)15-26(16)24-9-18-3-19(10-24)5-20(4-18)11-24/h15,18-23H,3-14H2,1-2H3/q+1. The highest BCUT2D eigenvalue weighted by molar-refractivity contribution is 5.14. The second-order valence-corrected chi connectivity index (χ2v) is 12.3. The van der Waals surface area contributed by atoms with Crippen molar-refractivity contribution in [3.63, 3.8) is 0 Å². The summed E-state index contributed by atoms with van der Waals surface area (Å²) in [5.74, 6) is 6.20. The fourth-order valence-electron chi connectivity index (χ4n) is 10.3. The van der Waals surface area contributed by atoms with Crippen LogP contribution in [0, 0.1) is 49.4 Å². The number of rotatable bonds is 2. The molecule has 1 aromatic heterocycles. The zero-order valence-electron chi connectivity index (χ0n) is 17.4. The molecule has 0 N–H and O–H groups in total. The summed E-state index contributed by atoms with van der Waals surface area (Å²) in [4.78, 5) is 0. The summed E-state index contributed by atoms with van der Waals surface area (Å²) in [6.07, 6.45) is 20.9. The third-order valence-electron chi connectivity index (χ3n) is 10.5. The van der Waals surface area contributed by atoms with Gasteiger partial charge in [0.2, 0.25) is 6.33 Å². The van der Waals surface area contributed by atoms with Crippen molar-refractivity contribution in [3.05, 3.63) is 17.7 Å². The lowest BCUT2D eigenvalue weighted by atomic mass is 9.52. The molecule has 0 spiro atoms. The van der Waals surface area contributed by atoms with Crippen LogP contribution in [0.2, 0.25) is 0 Å². The van der Waals surface area contributed by atoms with E-state index in [1.54, 1.807) is 49.9 Å². The molecule has 2 heteroatoms. The van der Waals surface area contributed by atoms with Crippen molar-refractivity contribution in [3.8, 4) is 0 Å². The monoisotopic (exact) mass is 365 g/mol. The fraction of sp³-hybridized carbons (Fsp3) is 0.880. The second kappa shape index (κ2) is 5.03. The van der Waals surface area contributed by atoms with Crippen LogP contribution in [0.5, 0.6) is 0 Å². The molecular formula is C25H37N2+. The van der Waals surface area contributed by atoms with Gasteiger partial charge in [0, 0.05) is 13.8 Å². The van der Waals surface area contributed by atoms with Gasteiger partial charge < -0.3 is 0 Å². The summed E-state index contributed by atoms with van der Waals surface area (Å²) in [7, 11) is 0. The first-order valence-electron chi connectivity index (χ1n) is 12.1. The van der Waals surface area contributed by atoms with Gasteiger partial charge in [-0.3, -0.25) is 0 Å². The van der Waals surface area contributed by atoms with Gasteiger partial charge in [-0.1, -0.05) is 0 Å². The van der Waals surface area contributed by atoms with Crippen LogP contribution in [-0.4, -0.2) is 4.57 Å². The van der Waals surface area contributed by atoms with E-state index in [1.807, 2.05) is 0 Å². The molecule has 8 aliphatic rings. The molecule has 1 aromatic rings. The molecule has 9 rings (SSSR count). The van der Waals surface area contributed by atoms with Crippen molar-refractivity contribution in [2.24, 2.45) is 35.5 Å². The van der Waals surface area contributed by atoms with Gasteiger partial charge in [-0.25, -0.2) is 9.13 Å². The van der Waals surface area contributed by atoms with E-state index in [4.69, 9.17) is 0 Å².